The van der Waals surface area contributed by atoms with Gasteiger partial charge < -0.3 is 5.73 Å². The monoisotopic (exact) mass is 271 g/mol. The number of benzene rings is 1. The van der Waals surface area contributed by atoms with E-state index in [0.717, 1.165) is 0 Å². The standard InChI is InChI=1S/C12H12F3N3O/c13-12(14,15)11(5-6-11)9-3-1-8(2-4-9)7-17-18-10(16)19/h1-4,7H,5-6H2,(H3,16,18,19). The lowest BCUT2D eigenvalue weighted by Gasteiger charge is -2.19. The Hall–Kier alpha value is -2.05. The summed E-state index contributed by atoms with van der Waals surface area (Å²) in [5, 5.41) is 3.53. The average Bonchev–Trinajstić information content (AvgIpc) is 3.10. The van der Waals surface area contributed by atoms with Crippen molar-refractivity contribution in [2.24, 2.45) is 10.8 Å². The molecule has 0 radical (unpaired) electrons. The van der Waals surface area contributed by atoms with Crippen LogP contribution < -0.4 is 11.2 Å². The van der Waals surface area contributed by atoms with Crippen LogP contribution >= 0.6 is 0 Å². The molecular weight excluding hydrogens is 259 g/mol. The molecule has 0 bridgehead atoms. The van der Waals surface area contributed by atoms with E-state index in [9.17, 15) is 18.0 Å². The number of carbonyl (C=O) groups is 1. The van der Waals surface area contributed by atoms with Crippen LogP contribution in [0.1, 0.15) is 24.0 Å². The number of nitrogens with two attached hydrogens (primary N) is 1. The van der Waals surface area contributed by atoms with E-state index in [0.29, 0.717) is 5.56 Å². The zero-order valence-electron chi connectivity index (χ0n) is 9.87. The van der Waals surface area contributed by atoms with E-state index in [-0.39, 0.29) is 18.4 Å². The van der Waals surface area contributed by atoms with Gasteiger partial charge in [0.2, 0.25) is 0 Å². The van der Waals surface area contributed by atoms with Crippen LogP contribution in [-0.2, 0) is 5.41 Å². The third-order valence-corrected chi connectivity index (χ3v) is 3.14. The fourth-order valence-electron chi connectivity index (χ4n) is 1.92. The summed E-state index contributed by atoms with van der Waals surface area (Å²) in [7, 11) is 0. The summed E-state index contributed by atoms with van der Waals surface area (Å²) < 4.78 is 38.7. The molecule has 0 heterocycles. The molecule has 0 aromatic heterocycles. The van der Waals surface area contributed by atoms with Gasteiger partial charge in [-0.15, -0.1) is 0 Å². The van der Waals surface area contributed by atoms with Crippen LogP contribution in [-0.4, -0.2) is 18.4 Å². The summed E-state index contributed by atoms with van der Waals surface area (Å²) in [6.45, 7) is 0. The Bertz CT molecular complexity index is 504. The molecule has 1 aromatic rings. The molecule has 102 valence electrons. The molecule has 1 aliphatic rings. The van der Waals surface area contributed by atoms with E-state index in [2.05, 4.69) is 5.10 Å². The molecule has 1 aromatic carbocycles. The number of amides is 2. The first-order valence-corrected chi connectivity index (χ1v) is 5.61. The second-order valence-electron chi connectivity index (χ2n) is 4.44. The first-order chi connectivity index (χ1) is 8.85. The van der Waals surface area contributed by atoms with E-state index in [1.54, 1.807) is 0 Å². The number of hydrogen-bond acceptors (Lipinski definition) is 2. The van der Waals surface area contributed by atoms with Crippen molar-refractivity contribution in [2.45, 2.75) is 24.4 Å². The van der Waals surface area contributed by atoms with Crippen LogP contribution in [0.5, 0.6) is 0 Å². The summed E-state index contributed by atoms with van der Waals surface area (Å²) in [5.41, 5.74) is 5.98. The quantitative estimate of drug-likeness (QED) is 0.642. The zero-order valence-corrected chi connectivity index (χ0v) is 9.87. The molecule has 1 saturated carbocycles. The van der Waals surface area contributed by atoms with E-state index in [4.69, 9.17) is 5.73 Å². The predicted molar refractivity (Wildman–Crippen MR) is 63.7 cm³/mol. The smallest absolute Gasteiger partial charge is 0.350 e. The fraction of sp³-hybridized carbons (Fsp3) is 0.333. The number of alkyl halides is 3. The zero-order chi connectivity index (χ0) is 14.1. The Morgan fingerprint density at radius 1 is 1.32 bits per heavy atom. The van der Waals surface area contributed by atoms with Crippen molar-refractivity contribution in [3.05, 3.63) is 35.4 Å². The summed E-state index contributed by atoms with van der Waals surface area (Å²) in [6.07, 6.45) is -2.64. The van der Waals surface area contributed by atoms with Crippen molar-refractivity contribution in [3.63, 3.8) is 0 Å². The number of nitrogens with one attached hydrogen (secondary N) is 1. The number of hydrogen-bond donors (Lipinski definition) is 2. The first-order valence-electron chi connectivity index (χ1n) is 5.61. The van der Waals surface area contributed by atoms with Crippen LogP contribution in [0, 0.1) is 0 Å². The second kappa shape index (κ2) is 4.56. The molecule has 2 amide bonds. The topological polar surface area (TPSA) is 67.5 Å². The van der Waals surface area contributed by atoms with Gasteiger partial charge in [-0.3, -0.25) is 0 Å². The van der Waals surface area contributed by atoms with Gasteiger partial charge in [-0.1, -0.05) is 24.3 Å². The van der Waals surface area contributed by atoms with Gasteiger partial charge in [-0.2, -0.15) is 18.3 Å². The third-order valence-electron chi connectivity index (χ3n) is 3.14. The number of halogens is 3. The molecule has 7 heteroatoms. The van der Waals surface area contributed by atoms with Crippen molar-refractivity contribution in [1.82, 2.24) is 5.43 Å². The highest BCUT2D eigenvalue weighted by molar-refractivity contribution is 5.81. The van der Waals surface area contributed by atoms with Crippen molar-refractivity contribution in [2.75, 3.05) is 0 Å². The van der Waals surface area contributed by atoms with Gasteiger partial charge in [0.15, 0.2) is 0 Å². The summed E-state index contributed by atoms with van der Waals surface area (Å²) in [4.78, 5) is 10.4. The van der Waals surface area contributed by atoms with Gasteiger partial charge in [0.25, 0.3) is 0 Å². The summed E-state index contributed by atoms with van der Waals surface area (Å²) in [6, 6.07) is 5.11. The molecule has 0 saturated heterocycles. The first kappa shape index (κ1) is 13.4. The average molecular weight is 271 g/mol. The van der Waals surface area contributed by atoms with Crippen LogP contribution in [0.2, 0.25) is 0 Å². The van der Waals surface area contributed by atoms with Gasteiger partial charge in [0, 0.05) is 0 Å². The Labute approximate surface area is 107 Å². The van der Waals surface area contributed by atoms with Gasteiger partial charge >= 0.3 is 12.2 Å². The fourth-order valence-corrected chi connectivity index (χ4v) is 1.92. The van der Waals surface area contributed by atoms with Crippen molar-refractivity contribution in [1.29, 1.82) is 0 Å². The molecule has 0 aliphatic heterocycles. The molecule has 0 spiro atoms. The van der Waals surface area contributed by atoms with Gasteiger partial charge in [-0.25, -0.2) is 10.2 Å². The lowest BCUT2D eigenvalue weighted by molar-refractivity contribution is -0.160. The number of carbonyl (C=O) groups excluding carboxylic acids is 1. The number of primary amides is 1. The van der Waals surface area contributed by atoms with Crippen LogP contribution in [0.15, 0.2) is 29.4 Å². The second-order valence-corrected chi connectivity index (χ2v) is 4.44. The third kappa shape index (κ3) is 2.69. The lowest BCUT2D eigenvalue weighted by Crippen LogP contribution is -2.28. The molecule has 1 aliphatic carbocycles. The SMILES string of the molecule is NC(=O)NN=Cc1ccc(C2(C(F)(F)F)CC2)cc1. The normalized spacial score (nSPS) is 17.4. The number of hydrazone groups is 1. The minimum absolute atomic E-state index is 0.132. The molecule has 19 heavy (non-hydrogen) atoms. The number of urea groups is 1. The Morgan fingerprint density at radius 3 is 2.32 bits per heavy atom. The van der Waals surface area contributed by atoms with E-state index >= 15 is 0 Å². The molecule has 3 N–H and O–H groups in total. The largest absolute Gasteiger partial charge is 0.398 e. The molecule has 4 nitrogen and oxygen atoms in total. The Balaban J connectivity index is 2.12. The van der Waals surface area contributed by atoms with Crippen molar-refractivity contribution < 1.29 is 18.0 Å². The maximum Gasteiger partial charge on any atom is 0.398 e. The molecule has 0 unspecified atom stereocenters. The number of nitrogens with zero attached hydrogens (tertiary/aromatic N) is 1. The minimum Gasteiger partial charge on any atom is -0.350 e. The van der Waals surface area contributed by atoms with Crippen LogP contribution in [0.25, 0.3) is 0 Å². The van der Waals surface area contributed by atoms with E-state index in [1.165, 1.54) is 30.5 Å². The van der Waals surface area contributed by atoms with Crippen LogP contribution in [0.3, 0.4) is 0 Å². The highest BCUT2D eigenvalue weighted by Gasteiger charge is 2.64. The maximum atomic E-state index is 12.9. The van der Waals surface area contributed by atoms with Gasteiger partial charge in [-0.05, 0) is 24.0 Å². The minimum atomic E-state index is -4.21. The molecular formula is C12H12F3N3O. The number of rotatable bonds is 3. The lowest BCUT2D eigenvalue weighted by atomic mass is 9.94. The van der Waals surface area contributed by atoms with Gasteiger partial charge in [0.1, 0.15) is 0 Å². The van der Waals surface area contributed by atoms with Gasteiger partial charge in [0.05, 0.1) is 11.6 Å². The Kier molecular flexibility index (Phi) is 3.21. The summed E-state index contributed by atoms with van der Waals surface area (Å²) >= 11 is 0. The maximum absolute atomic E-state index is 12.9. The van der Waals surface area contributed by atoms with E-state index in [1.807, 2.05) is 5.43 Å². The Morgan fingerprint density at radius 2 is 1.89 bits per heavy atom. The highest BCUT2D eigenvalue weighted by Crippen LogP contribution is 2.58. The van der Waals surface area contributed by atoms with E-state index < -0.39 is 17.6 Å². The van der Waals surface area contributed by atoms with Crippen molar-refractivity contribution >= 4 is 12.2 Å². The van der Waals surface area contributed by atoms with Crippen molar-refractivity contribution in [3.8, 4) is 0 Å². The molecule has 1 fully saturated rings. The molecule has 0 atom stereocenters. The van der Waals surface area contributed by atoms with Crippen LogP contribution in [0.4, 0.5) is 18.0 Å². The highest BCUT2D eigenvalue weighted by atomic mass is 19.4. The summed E-state index contributed by atoms with van der Waals surface area (Å²) in [5.74, 6) is 0. The molecule has 2 rings (SSSR count). The predicted octanol–water partition coefficient (Wildman–Crippen LogP) is 2.28.